The molecule has 0 aromatic carbocycles. The Morgan fingerprint density at radius 2 is 2.08 bits per heavy atom. The van der Waals surface area contributed by atoms with Crippen molar-refractivity contribution >= 4 is 0 Å². The Morgan fingerprint density at radius 1 is 1.46 bits per heavy atom. The smallest absolute Gasteiger partial charge is 0.0791 e. The van der Waals surface area contributed by atoms with Crippen molar-refractivity contribution in [2.75, 3.05) is 20.1 Å². The molecule has 0 heterocycles. The largest absolute Gasteiger partial charge is 0.390 e. The Bertz CT molecular complexity index is 146. The molecule has 0 aromatic heterocycles. The first kappa shape index (κ1) is 11.0. The summed E-state index contributed by atoms with van der Waals surface area (Å²) in [4.78, 5) is 2.26. The van der Waals surface area contributed by atoms with Gasteiger partial charge in [-0.1, -0.05) is 13.8 Å². The number of nitrogens with one attached hydrogen (secondary N) is 1. The van der Waals surface area contributed by atoms with Gasteiger partial charge in [0.2, 0.25) is 0 Å². The van der Waals surface area contributed by atoms with Gasteiger partial charge in [0.15, 0.2) is 0 Å². The first-order valence-corrected chi connectivity index (χ1v) is 5.21. The van der Waals surface area contributed by atoms with Crippen molar-refractivity contribution in [2.24, 2.45) is 0 Å². The highest BCUT2D eigenvalue weighted by Crippen LogP contribution is 2.25. The number of aliphatic hydroxyl groups is 1. The van der Waals surface area contributed by atoms with E-state index in [1.807, 2.05) is 0 Å². The molecule has 78 valence electrons. The van der Waals surface area contributed by atoms with Crippen molar-refractivity contribution in [3.8, 4) is 0 Å². The van der Waals surface area contributed by atoms with Crippen LogP contribution in [0.5, 0.6) is 0 Å². The summed E-state index contributed by atoms with van der Waals surface area (Å²) in [6, 6.07) is 1.20. The molecule has 1 saturated carbocycles. The molecular weight excluding hydrogens is 164 g/mol. The van der Waals surface area contributed by atoms with Crippen LogP contribution in [0.3, 0.4) is 0 Å². The first-order valence-electron chi connectivity index (χ1n) is 5.21. The Balaban J connectivity index is 2.05. The fourth-order valence-corrected chi connectivity index (χ4v) is 1.43. The molecule has 2 N–H and O–H groups in total. The second-order valence-corrected chi connectivity index (χ2v) is 4.39. The Kier molecular flexibility index (Phi) is 4.16. The van der Waals surface area contributed by atoms with Crippen molar-refractivity contribution in [3.63, 3.8) is 0 Å². The average molecular weight is 186 g/mol. The lowest BCUT2D eigenvalue weighted by Gasteiger charge is -2.21. The molecule has 1 aliphatic rings. The van der Waals surface area contributed by atoms with E-state index in [0.29, 0.717) is 12.6 Å². The summed E-state index contributed by atoms with van der Waals surface area (Å²) in [5.74, 6) is 0. The minimum Gasteiger partial charge on any atom is -0.390 e. The van der Waals surface area contributed by atoms with E-state index in [9.17, 15) is 5.11 Å². The van der Waals surface area contributed by atoms with Crippen LogP contribution in [0.2, 0.25) is 0 Å². The predicted octanol–water partition coefficient (Wildman–Crippen LogP) is 0.439. The van der Waals surface area contributed by atoms with E-state index < -0.39 is 0 Å². The Hall–Kier alpha value is -0.120. The predicted molar refractivity (Wildman–Crippen MR) is 54.8 cm³/mol. The summed E-state index contributed by atoms with van der Waals surface area (Å²) in [7, 11) is 2.09. The molecular formula is C10H22N2O. The van der Waals surface area contributed by atoms with Gasteiger partial charge in [0.1, 0.15) is 0 Å². The molecule has 0 radical (unpaired) electrons. The third-order valence-electron chi connectivity index (χ3n) is 2.43. The van der Waals surface area contributed by atoms with Crippen molar-refractivity contribution in [1.29, 1.82) is 0 Å². The molecule has 1 atom stereocenters. The molecule has 0 saturated heterocycles. The molecule has 1 aliphatic carbocycles. The maximum absolute atomic E-state index is 9.64. The summed E-state index contributed by atoms with van der Waals surface area (Å²) in [5.41, 5.74) is 0. The zero-order valence-corrected chi connectivity index (χ0v) is 8.95. The number of hydrogen-bond donors (Lipinski definition) is 2. The number of hydrogen-bond acceptors (Lipinski definition) is 3. The van der Waals surface area contributed by atoms with E-state index in [-0.39, 0.29) is 6.10 Å². The molecule has 1 fully saturated rings. The second kappa shape index (κ2) is 4.94. The molecule has 3 nitrogen and oxygen atoms in total. The minimum atomic E-state index is -0.229. The maximum Gasteiger partial charge on any atom is 0.0791 e. The lowest BCUT2D eigenvalue weighted by molar-refractivity contribution is 0.119. The number of rotatable bonds is 6. The van der Waals surface area contributed by atoms with Crippen LogP contribution in [0.25, 0.3) is 0 Å². The lowest BCUT2D eigenvalue weighted by Crippen LogP contribution is -2.39. The number of nitrogens with zero attached hydrogens (tertiary/aromatic N) is 1. The molecule has 0 aliphatic heterocycles. The van der Waals surface area contributed by atoms with Gasteiger partial charge in [-0.2, -0.15) is 0 Å². The van der Waals surface area contributed by atoms with Crippen LogP contribution in [0.1, 0.15) is 26.7 Å². The summed E-state index contributed by atoms with van der Waals surface area (Å²) in [6.45, 7) is 5.69. The fourth-order valence-electron chi connectivity index (χ4n) is 1.43. The van der Waals surface area contributed by atoms with E-state index in [0.717, 1.165) is 12.6 Å². The lowest BCUT2D eigenvalue weighted by atomic mass is 10.3. The molecule has 1 unspecified atom stereocenters. The van der Waals surface area contributed by atoms with E-state index >= 15 is 0 Å². The van der Waals surface area contributed by atoms with E-state index in [2.05, 4.69) is 31.1 Å². The van der Waals surface area contributed by atoms with Crippen molar-refractivity contribution in [3.05, 3.63) is 0 Å². The molecule has 0 bridgehead atoms. The molecule has 1 rings (SSSR count). The van der Waals surface area contributed by atoms with Gasteiger partial charge in [-0.05, 0) is 19.9 Å². The molecule has 3 heteroatoms. The van der Waals surface area contributed by atoms with Crippen LogP contribution in [-0.4, -0.2) is 48.3 Å². The van der Waals surface area contributed by atoms with Crippen LogP contribution in [0, 0.1) is 0 Å². The van der Waals surface area contributed by atoms with E-state index in [4.69, 9.17) is 0 Å². The van der Waals surface area contributed by atoms with Gasteiger partial charge < -0.3 is 15.3 Å². The van der Waals surface area contributed by atoms with Crippen LogP contribution in [-0.2, 0) is 0 Å². The molecule has 13 heavy (non-hydrogen) atoms. The maximum atomic E-state index is 9.64. The SMILES string of the molecule is CC(C)NCC(O)CN(C)C1CC1. The molecule has 0 aromatic rings. The summed E-state index contributed by atoms with van der Waals surface area (Å²) < 4.78 is 0. The van der Waals surface area contributed by atoms with Crippen LogP contribution >= 0.6 is 0 Å². The van der Waals surface area contributed by atoms with Gasteiger partial charge in [-0.25, -0.2) is 0 Å². The monoisotopic (exact) mass is 186 g/mol. The topological polar surface area (TPSA) is 35.5 Å². The first-order chi connectivity index (χ1) is 6.09. The van der Waals surface area contributed by atoms with Gasteiger partial charge in [0.05, 0.1) is 6.10 Å². The fraction of sp³-hybridized carbons (Fsp3) is 1.00. The highest BCUT2D eigenvalue weighted by Gasteiger charge is 2.27. The van der Waals surface area contributed by atoms with Gasteiger partial charge in [0, 0.05) is 25.2 Å². The van der Waals surface area contributed by atoms with Crippen LogP contribution < -0.4 is 5.32 Å². The normalized spacial score (nSPS) is 19.8. The quantitative estimate of drug-likeness (QED) is 0.632. The number of aliphatic hydroxyl groups excluding tert-OH is 1. The number of likely N-dealkylation sites (N-methyl/N-ethyl adjacent to an activating group) is 1. The summed E-state index contributed by atoms with van der Waals surface area (Å²) in [5, 5.41) is 12.9. The van der Waals surface area contributed by atoms with E-state index in [1.54, 1.807) is 0 Å². The third-order valence-corrected chi connectivity index (χ3v) is 2.43. The van der Waals surface area contributed by atoms with Gasteiger partial charge in [-0.15, -0.1) is 0 Å². The zero-order valence-electron chi connectivity index (χ0n) is 8.95. The standard InChI is InChI=1S/C10H22N2O/c1-8(2)11-6-10(13)7-12(3)9-4-5-9/h8-11,13H,4-7H2,1-3H3. The van der Waals surface area contributed by atoms with E-state index in [1.165, 1.54) is 12.8 Å². The Labute approximate surface area is 81.1 Å². The van der Waals surface area contributed by atoms with Crippen LogP contribution in [0.4, 0.5) is 0 Å². The van der Waals surface area contributed by atoms with Crippen molar-refractivity contribution in [1.82, 2.24) is 10.2 Å². The second-order valence-electron chi connectivity index (χ2n) is 4.39. The minimum absolute atomic E-state index is 0.229. The van der Waals surface area contributed by atoms with Crippen LogP contribution in [0.15, 0.2) is 0 Å². The van der Waals surface area contributed by atoms with Gasteiger partial charge >= 0.3 is 0 Å². The van der Waals surface area contributed by atoms with Crippen molar-refractivity contribution in [2.45, 2.75) is 44.9 Å². The summed E-state index contributed by atoms with van der Waals surface area (Å²) in [6.07, 6.45) is 2.38. The van der Waals surface area contributed by atoms with Gasteiger partial charge in [-0.3, -0.25) is 0 Å². The van der Waals surface area contributed by atoms with Crippen molar-refractivity contribution < 1.29 is 5.11 Å². The molecule has 0 amide bonds. The Morgan fingerprint density at radius 3 is 2.54 bits per heavy atom. The third kappa shape index (κ3) is 4.60. The average Bonchev–Trinajstić information content (AvgIpc) is 2.82. The van der Waals surface area contributed by atoms with Gasteiger partial charge in [0.25, 0.3) is 0 Å². The highest BCUT2D eigenvalue weighted by atomic mass is 16.3. The highest BCUT2D eigenvalue weighted by molar-refractivity contribution is 4.83. The summed E-state index contributed by atoms with van der Waals surface area (Å²) >= 11 is 0. The molecule has 0 spiro atoms. The zero-order chi connectivity index (χ0) is 9.84.